The molecule has 0 spiro atoms. The molecule has 0 saturated carbocycles. The Bertz CT molecular complexity index is 982. The van der Waals surface area contributed by atoms with Crippen LogP contribution in [0.15, 0.2) is 47.6 Å². The van der Waals surface area contributed by atoms with Crippen LogP contribution in [0, 0.1) is 13.8 Å². The van der Waals surface area contributed by atoms with Gasteiger partial charge in [-0.25, -0.2) is 0 Å². The topological polar surface area (TPSA) is 89.8 Å². The van der Waals surface area contributed by atoms with E-state index >= 15 is 0 Å². The van der Waals surface area contributed by atoms with E-state index in [9.17, 15) is 9.59 Å². The normalized spacial score (nSPS) is 10.6. The van der Waals surface area contributed by atoms with Crippen LogP contribution in [-0.4, -0.2) is 37.7 Å². The highest BCUT2D eigenvalue weighted by Gasteiger charge is 2.14. The largest absolute Gasteiger partial charge is 0.326 e. The molecule has 0 radical (unpaired) electrons. The summed E-state index contributed by atoms with van der Waals surface area (Å²) in [5.74, 6) is 0.150. The number of rotatable bonds is 6. The van der Waals surface area contributed by atoms with Crippen molar-refractivity contribution in [1.82, 2.24) is 20.2 Å². The number of anilines is 1. The lowest BCUT2D eigenvalue weighted by molar-refractivity contribution is -0.114. The summed E-state index contributed by atoms with van der Waals surface area (Å²) in [6.45, 7) is 5.35. The maximum atomic E-state index is 12.6. The average molecular weight is 381 g/mol. The maximum Gasteiger partial charge on any atom is 0.221 e. The van der Waals surface area contributed by atoms with Gasteiger partial charge in [0.25, 0.3) is 0 Å². The molecule has 0 unspecified atom stereocenters. The third kappa shape index (κ3) is 4.59. The standard InChI is InChI=1S/C19H19N5O2S/c1-12-4-5-13(2)17(10-12)18(26)11-27-19-21-22-23-24(19)16-8-6-15(7-9-16)20-14(3)25/h4-10H,11H2,1-3H3,(H,20,25). The Morgan fingerprint density at radius 3 is 2.56 bits per heavy atom. The molecule has 1 amide bonds. The van der Waals surface area contributed by atoms with Crippen molar-refractivity contribution in [3.8, 4) is 5.69 Å². The fourth-order valence-corrected chi connectivity index (χ4v) is 3.34. The van der Waals surface area contributed by atoms with E-state index in [0.29, 0.717) is 10.8 Å². The first-order chi connectivity index (χ1) is 12.9. The number of nitrogens with zero attached hydrogens (tertiary/aromatic N) is 4. The summed E-state index contributed by atoms with van der Waals surface area (Å²) in [7, 11) is 0. The minimum atomic E-state index is -0.133. The first-order valence-corrected chi connectivity index (χ1v) is 9.32. The van der Waals surface area contributed by atoms with Crippen molar-refractivity contribution >= 4 is 29.1 Å². The van der Waals surface area contributed by atoms with Gasteiger partial charge >= 0.3 is 0 Å². The number of thioether (sulfide) groups is 1. The van der Waals surface area contributed by atoms with E-state index in [1.807, 2.05) is 32.0 Å². The molecule has 7 nitrogen and oxygen atoms in total. The second-order valence-electron chi connectivity index (χ2n) is 6.13. The van der Waals surface area contributed by atoms with Crippen LogP contribution < -0.4 is 5.32 Å². The van der Waals surface area contributed by atoms with Crippen molar-refractivity contribution in [2.45, 2.75) is 25.9 Å². The van der Waals surface area contributed by atoms with Crippen LogP contribution in [0.2, 0.25) is 0 Å². The number of aryl methyl sites for hydroxylation is 2. The van der Waals surface area contributed by atoms with E-state index in [2.05, 4.69) is 20.8 Å². The fraction of sp³-hybridized carbons (Fsp3) is 0.211. The van der Waals surface area contributed by atoms with Crippen LogP contribution in [0.1, 0.15) is 28.4 Å². The number of tetrazole rings is 1. The summed E-state index contributed by atoms with van der Waals surface area (Å²) in [5, 5.41) is 15.0. The first-order valence-electron chi connectivity index (χ1n) is 8.33. The van der Waals surface area contributed by atoms with Gasteiger partial charge in [0.2, 0.25) is 11.1 Å². The molecule has 3 aromatic rings. The minimum absolute atomic E-state index is 0.0387. The smallest absolute Gasteiger partial charge is 0.221 e. The molecule has 1 aromatic heterocycles. The molecule has 1 N–H and O–H groups in total. The SMILES string of the molecule is CC(=O)Nc1ccc(-n2nnnc2SCC(=O)c2cc(C)ccc2C)cc1. The number of aromatic nitrogens is 4. The molecule has 0 fully saturated rings. The fourth-order valence-electron chi connectivity index (χ4n) is 2.56. The number of amides is 1. The Balaban J connectivity index is 1.73. The van der Waals surface area contributed by atoms with Crippen LogP contribution in [0.25, 0.3) is 5.69 Å². The number of carbonyl (C=O) groups excluding carboxylic acids is 2. The van der Waals surface area contributed by atoms with Crippen LogP contribution in [0.5, 0.6) is 0 Å². The molecule has 0 aliphatic heterocycles. The van der Waals surface area contributed by atoms with E-state index in [-0.39, 0.29) is 17.4 Å². The van der Waals surface area contributed by atoms with E-state index in [1.165, 1.54) is 18.7 Å². The van der Waals surface area contributed by atoms with Crippen LogP contribution in [0.3, 0.4) is 0 Å². The van der Waals surface area contributed by atoms with E-state index < -0.39 is 0 Å². The molecule has 0 bridgehead atoms. The Kier molecular flexibility index (Phi) is 5.66. The number of nitrogens with one attached hydrogen (secondary N) is 1. The predicted octanol–water partition coefficient (Wildman–Crippen LogP) is 3.21. The zero-order valence-electron chi connectivity index (χ0n) is 15.3. The molecular weight excluding hydrogens is 362 g/mol. The molecular formula is C19H19N5O2S. The van der Waals surface area contributed by atoms with Crippen LogP contribution >= 0.6 is 11.8 Å². The predicted molar refractivity (Wildman–Crippen MR) is 104 cm³/mol. The van der Waals surface area contributed by atoms with Crippen molar-refractivity contribution < 1.29 is 9.59 Å². The Morgan fingerprint density at radius 1 is 1.11 bits per heavy atom. The lowest BCUT2D eigenvalue weighted by atomic mass is 10.0. The summed E-state index contributed by atoms with van der Waals surface area (Å²) in [5.41, 5.74) is 4.17. The van der Waals surface area contributed by atoms with Gasteiger partial charge in [-0.1, -0.05) is 29.5 Å². The van der Waals surface area contributed by atoms with Crippen LogP contribution in [0.4, 0.5) is 5.69 Å². The molecule has 1 heterocycles. The highest BCUT2D eigenvalue weighted by molar-refractivity contribution is 7.99. The van der Waals surface area contributed by atoms with Crippen LogP contribution in [-0.2, 0) is 4.79 Å². The quantitative estimate of drug-likeness (QED) is 0.521. The maximum absolute atomic E-state index is 12.6. The molecule has 0 atom stereocenters. The van der Waals surface area contributed by atoms with Crippen molar-refractivity contribution in [3.05, 3.63) is 59.2 Å². The number of hydrogen-bond acceptors (Lipinski definition) is 6. The van der Waals surface area contributed by atoms with Crippen molar-refractivity contribution in [1.29, 1.82) is 0 Å². The second-order valence-corrected chi connectivity index (χ2v) is 7.07. The Morgan fingerprint density at radius 2 is 1.85 bits per heavy atom. The molecule has 0 aliphatic rings. The third-order valence-electron chi connectivity index (χ3n) is 3.90. The van der Waals surface area contributed by atoms with E-state index in [0.717, 1.165) is 22.4 Å². The molecule has 0 saturated heterocycles. The number of hydrogen-bond donors (Lipinski definition) is 1. The number of Topliss-reactive ketones (excluding diaryl/α,β-unsaturated/α-hetero) is 1. The summed E-state index contributed by atoms with van der Waals surface area (Å²) in [6.07, 6.45) is 0. The first kappa shape index (κ1) is 18.8. The average Bonchev–Trinajstić information content (AvgIpc) is 3.10. The Labute approximate surface area is 161 Å². The lowest BCUT2D eigenvalue weighted by Gasteiger charge is -2.07. The van der Waals surface area contributed by atoms with Gasteiger partial charge in [-0.05, 0) is 60.2 Å². The van der Waals surface area contributed by atoms with Gasteiger partial charge < -0.3 is 5.32 Å². The summed E-state index contributed by atoms with van der Waals surface area (Å²) in [6, 6.07) is 13.0. The van der Waals surface area contributed by atoms with Gasteiger partial charge in [0.15, 0.2) is 5.78 Å². The highest BCUT2D eigenvalue weighted by atomic mass is 32.2. The number of ketones is 1. The molecule has 2 aromatic carbocycles. The van der Waals surface area contributed by atoms with Crippen molar-refractivity contribution in [2.75, 3.05) is 11.1 Å². The van der Waals surface area contributed by atoms with Gasteiger partial charge in [0.1, 0.15) is 0 Å². The van der Waals surface area contributed by atoms with Gasteiger partial charge in [0.05, 0.1) is 11.4 Å². The summed E-state index contributed by atoms with van der Waals surface area (Å²) >= 11 is 1.29. The van der Waals surface area contributed by atoms with Crippen molar-refractivity contribution in [3.63, 3.8) is 0 Å². The summed E-state index contributed by atoms with van der Waals surface area (Å²) in [4.78, 5) is 23.7. The van der Waals surface area contributed by atoms with E-state index in [1.54, 1.807) is 28.9 Å². The lowest BCUT2D eigenvalue weighted by Crippen LogP contribution is -2.07. The van der Waals surface area contributed by atoms with Gasteiger partial charge in [0, 0.05) is 18.2 Å². The molecule has 27 heavy (non-hydrogen) atoms. The molecule has 0 aliphatic carbocycles. The van der Waals surface area contributed by atoms with E-state index in [4.69, 9.17) is 0 Å². The molecule has 138 valence electrons. The van der Waals surface area contributed by atoms with Gasteiger partial charge in [-0.2, -0.15) is 4.68 Å². The zero-order chi connectivity index (χ0) is 19.4. The summed E-state index contributed by atoms with van der Waals surface area (Å²) < 4.78 is 1.57. The van der Waals surface area contributed by atoms with Crippen molar-refractivity contribution in [2.24, 2.45) is 0 Å². The third-order valence-corrected chi connectivity index (χ3v) is 4.82. The second kappa shape index (κ2) is 8.13. The number of benzene rings is 2. The molecule has 8 heteroatoms. The monoisotopic (exact) mass is 381 g/mol. The van der Waals surface area contributed by atoms with Gasteiger partial charge in [-0.3, -0.25) is 9.59 Å². The van der Waals surface area contributed by atoms with Gasteiger partial charge in [-0.15, -0.1) is 5.10 Å². The zero-order valence-corrected chi connectivity index (χ0v) is 16.1. The minimum Gasteiger partial charge on any atom is -0.326 e. The number of carbonyl (C=O) groups is 2. The Hall–Kier alpha value is -3.00. The molecule has 3 rings (SSSR count). The highest BCUT2D eigenvalue weighted by Crippen LogP contribution is 2.22.